The van der Waals surface area contributed by atoms with Crippen molar-refractivity contribution in [1.29, 1.82) is 0 Å². The Morgan fingerprint density at radius 3 is 2.52 bits per heavy atom. The Hall–Kier alpha value is -2.73. The van der Waals surface area contributed by atoms with Gasteiger partial charge in [0.25, 0.3) is 0 Å². The van der Waals surface area contributed by atoms with Gasteiger partial charge in [0.1, 0.15) is 5.82 Å². The number of halogens is 1. The molecular formula is C21H24FN5. The monoisotopic (exact) mass is 365 g/mol. The number of anilines is 1. The second kappa shape index (κ2) is 7.88. The highest BCUT2D eigenvalue weighted by atomic mass is 19.1. The van der Waals surface area contributed by atoms with E-state index in [9.17, 15) is 4.39 Å². The van der Waals surface area contributed by atoms with Gasteiger partial charge in [-0.25, -0.2) is 4.39 Å². The van der Waals surface area contributed by atoms with Crippen molar-refractivity contribution in [3.05, 3.63) is 66.4 Å². The van der Waals surface area contributed by atoms with Gasteiger partial charge in [-0.3, -0.25) is 14.6 Å². The van der Waals surface area contributed by atoms with Gasteiger partial charge < -0.3 is 4.90 Å². The average Bonchev–Trinajstić information content (AvgIpc) is 3.17. The number of aromatic nitrogens is 3. The van der Waals surface area contributed by atoms with E-state index in [4.69, 9.17) is 0 Å². The molecule has 27 heavy (non-hydrogen) atoms. The first-order chi connectivity index (χ1) is 13.2. The van der Waals surface area contributed by atoms with Gasteiger partial charge in [0, 0.05) is 62.8 Å². The van der Waals surface area contributed by atoms with Crippen molar-refractivity contribution in [3.8, 4) is 11.3 Å². The zero-order valence-electron chi connectivity index (χ0n) is 15.6. The number of benzene rings is 1. The lowest BCUT2D eigenvalue weighted by molar-refractivity contribution is 0.250. The molecule has 0 bridgehead atoms. The van der Waals surface area contributed by atoms with Crippen LogP contribution in [0.4, 0.5) is 10.1 Å². The molecule has 0 aliphatic carbocycles. The van der Waals surface area contributed by atoms with Crippen LogP contribution in [0.3, 0.4) is 0 Å². The Morgan fingerprint density at radius 1 is 1.04 bits per heavy atom. The molecule has 1 saturated heterocycles. The molecule has 0 N–H and O–H groups in total. The number of pyridine rings is 1. The summed E-state index contributed by atoms with van der Waals surface area (Å²) in [4.78, 5) is 9.40. The topological polar surface area (TPSA) is 37.2 Å². The van der Waals surface area contributed by atoms with E-state index in [2.05, 4.69) is 39.1 Å². The second-order valence-corrected chi connectivity index (χ2v) is 6.85. The maximum absolute atomic E-state index is 13.3. The Balaban J connectivity index is 1.44. The molecule has 1 aliphatic heterocycles. The summed E-state index contributed by atoms with van der Waals surface area (Å²) in [6, 6.07) is 10.6. The third kappa shape index (κ3) is 4.01. The van der Waals surface area contributed by atoms with E-state index in [1.165, 1.54) is 17.7 Å². The normalized spacial score (nSPS) is 15.3. The van der Waals surface area contributed by atoms with Crippen molar-refractivity contribution in [1.82, 2.24) is 19.7 Å². The average molecular weight is 365 g/mol. The van der Waals surface area contributed by atoms with Crippen molar-refractivity contribution in [2.75, 3.05) is 31.1 Å². The summed E-state index contributed by atoms with van der Waals surface area (Å²) in [5.41, 5.74) is 4.23. The van der Waals surface area contributed by atoms with Crippen LogP contribution in [0.2, 0.25) is 0 Å². The molecule has 6 heteroatoms. The zero-order chi connectivity index (χ0) is 18.6. The minimum absolute atomic E-state index is 0.226. The minimum atomic E-state index is -0.226. The van der Waals surface area contributed by atoms with Crippen LogP contribution in [0.5, 0.6) is 0 Å². The Kier molecular flexibility index (Phi) is 5.16. The number of piperazine rings is 1. The van der Waals surface area contributed by atoms with E-state index in [0.29, 0.717) is 0 Å². The molecule has 0 atom stereocenters. The first kappa shape index (κ1) is 17.7. The molecule has 1 fully saturated rings. The van der Waals surface area contributed by atoms with Gasteiger partial charge >= 0.3 is 0 Å². The van der Waals surface area contributed by atoms with Gasteiger partial charge in [-0.2, -0.15) is 5.10 Å². The first-order valence-corrected chi connectivity index (χ1v) is 9.42. The lowest BCUT2D eigenvalue weighted by atomic mass is 10.1. The molecule has 0 radical (unpaired) electrons. The van der Waals surface area contributed by atoms with Crippen molar-refractivity contribution in [3.63, 3.8) is 0 Å². The number of hydrogen-bond acceptors (Lipinski definition) is 4. The molecule has 5 nitrogen and oxygen atoms in total. The largest absolute Gasteiger partial charge is 0.367 e. The van der Waals surface area contributed by atoms with E-state index < -0.39 is 0 Å². The van der Waals surface area contributed by atoms with Crippen LogP contribution >= 0.6 is 0 Å². The van der Waals surface area contributed by atoms with Crippen LogP contribution in [-0.4, -0.2) is 45.8 Å². The fourth-order valence-corrected chi connectivity index (χ4v) is 3.55. The molecule has 1 aliphatic rings. The van der Waals surface area contributed by atoms with Gasteiger partial charge in [-0.1, -0.05) is 0 Å². The fraction of sp³-hybridized carbons (Fsp3) is 0.333. The molecule has 2 aromatic heterocycles. The molecule has 4 rings (SSSR count). The summed E-state index contributed by atoms with van der Waals surface area (Å²) in [7, 11) is 0. The standard InChI is InChI=1S/C21H24FN5/c1-2-27-16-17(14-24-27)15-25-10-12-26(13-11-25)20-4-3-9-23-21(20)18-5-7-19(22)8-6-18/h3-9,14,16H,2,10-13,15H2,1H3. The molecule has 0 amide bonds. The SMILES string of the molecule is CCn1cc(CN2CCN(c3cccnc3-c3ccc(F)cc3)CC2)cn1. The third-order valence-electron chi connectivity index (χ3n) is 5.03. The molecule has 140 valence electrons. The van der Waals surface area contributed by atoms with Crippen LogP contribution in [0.15, 0.2) is 55.0 Å². The number of rotatable bonds is 5. The lowest BCUT2D eigenvalue weighted by Gasteiger charge is -2.36. The predicted molar refractivity (Wildman–Crippen MR) is 105 cm³/mol. The number of hydrogen-bond donors (Lipinski definition) is 0. The van der Waals surface area contributed by atoms with Crippen molar-refractivity contribution in [2.45, 2.75) is 20.0 Å². The molecule has 0 unspecified atom stereocenters. The highest BCUT2D eigenvalue weighted by Crippen LogP contribution is 2.29. The minimum Gasteiger partial charge on any atom is -0.367 e. The summed E-state index contributed by atoms with van der Waals surface area (Å²) in [6.45, 7) is 7.82. The lowest BCUT2D eigenvalue weighted by Crippen LogP contribution is -2.46. The van der Waals surface area contributed by atoms with Crippen molar-refractivity contribution >= 4 is 5.69 Å². The van der Waals surface area contributed by atoms with E-state index in [-0.39, 0.29) is 5.82 Å². The number of aryl methyl sites for hydroxylation is 1. The maximum Gasteiger partial charge on any atom is 0.123 e. The summed E-state index contributed by atoms with van der Waals surface area (Å²) in [6.07, 6.45) is 5.88. The van der Waals surface area contributed by atoms with Crippen molar-refractivity contribution in [2.24, 2.45) is 0 Å². The summed E-state index contributed by atoms with van der Waals surface area (Å²) in [5.74, 6) is -0.226. The van der Waals surface area contributed by atoms with Crippen LogP contribution in [0.1, 0.15) is 12.5 Å². The Morgan fingerprint density at radius 2 is 1.81 bits per heavy atom. The summed E-state index contributed by atoms with van der Waals surface area (Å²) < 4.78 is 15.2. The predicted octanol–water partition coefficient (Wildman–Crippen LogP) is 3.43. The molecule has 3 heterocycles. The van der Waals surface area contributed by atoms with Crippen LogP contribution in [0.25, 0.3) is 11.3 Å². The van der Waals surface area contributed by atoms with Crippen LogP contribution in [-0.2, 0) is 13.1 Å². The van der Waals surface area contributed by atoms with Gasteiger partial charge in [0.05, 0.1) is 17.6 Å². The quantitative estimate of drug-likeness (QED) is 0.694. The fourth-order valence-electron chi connectivity index (χ4n) is 3.55. The molecule has 0 spiro atoms. The van der Waals surface area contributed by atoms with Gasteiger partial charge in [0.15, 0.2) is 0 Å². The van der Waals surface area contributed by atoms with Crippen LogP contribution in [0, 0.1) is 5.82 Å². The molecule has 1 aromatic carbocycles. The van der Waals surface area contributed by atoms with Crippen molar-refractivity contribution < 1.29 is 4.39 Å². The molecular weight excluding hydrogens is 341 g/mol. The van der Waals surface area contributed by atoms with E-state index >= 15 is 0 Å². The van der Waals surface area contributed by atoms with E-state index in [1.54, 1.807) is 18.3 Å². The maximum atomic E-state index is 13.3. The van der Waals surface area contributed by atoms with Crippen LogP contribution < -0.4 is 4.90 Å². The molecule has 0 saturated carbocycles. The zero-order valence-corrected chi connectivity index (χ0v) is 15.6. The highest BCUT2D eigenvalue weighted by molar-refractivity contribution is 5.75. The first-order valence-electron chi connectivity index (χ1n) is 9.42. The van der Waals surface area contributed by atoms with E-state index in [0.717, 1.165) is 56.2 Å². The number of nitrogens with zero attached hydrogens (tertiary/aromatic N) is 5. The smallest absolute Gasteiger partial charge is 0.123 e. The Labute approximate surface area is 159 Å². The third-order valence-corrected chi connectivity index (χ3v) is 5.03. The van der Waals surface area contributed by atoms with Gasteiger partial charge in [0.2, 0.25) is 0 Å². The Bertz CT molecular complexity index is 882. The summed E-state index contributed by atoms with van der Waals surface area (Å²) >= 11 is 0. The summed E-state index contributed by atoms with van der Waals surface area (Å²) in [5, 5.41) is 4.36. The van der Waals surface area contributed by atoms with Gasteiger partial charge in [-0.15, -0.1) is 0 Å². The highest BCUT2D eigenvalue weighted by Gasteiger charge is 2.20. The second-order valence-electron chi connectivity index (χ2n) is 6.85. The molecule has 3 aromatic rings. The van der Waals surface area contributed by atoms with E-state index in [1.807, 2.05) is 16.9 Å². The van der Waals surface area contributed by atoms with Gasteiger partial charge in [-0.05, 0) is 43.3 Å².